The minimum Gasteiger partial charge on any atom is -0.369 e. The predicted molar refractivity (Wildman–Crippen MR) is 65.7 cm³/mol. The van der Waals surface area contributed by atoms with E-state index in [4.69, 9.17) is 17.3 Å². The fourth-order valence-corrected chi connectivity index (χ4v) is 2.24. The molecule has 0 fully saturated rings. The zero-order valence-corrected chi connectivity index (χ0v) is 9.98. The number of carbonyl (C=O) groups excluding carboxylic acids is 1. The number of aryl methyl sites for hydroxylation is 2. The van der Waals surface area contributed by atoms with Crippen LogP contribution in [0.1, 0.15) is 16.8 Å². The Labute approximate surface area is 98.6 Å². The van der Waals surface area contributed by atoms with Gasteiger partial charge in [-0.2, -0.15) is 0 Å². The minimum atomic E-state index is -0.330. The summed E-state index contributed by atoms with van der Waals surface area (Å²) in [7, 11) is 0. The van der Waals surface area contributed by atoms with E-state index in [2.05, 4.69) is 4.98 Å². The van der Waals surface area contributed by atoms with E-state index in [0.29, 0.717) is 5.02 Å². The van der Waals surface area contributed by atoms with Gasteiger partial charge in [-0.1, -0.05) is 17.7 Å². The van der Waals surface area contributed by atoms with Crippen LogP contribution in [-0.4, -0.2) is 10.9 Å². The van der Waals surface area contributed by atoms with E-state index < -0.39 is 0 Å². The molecule has 0 aliphatic rings. The monoisotopic (exact) mass is 236 g/mol. The molecule has 2 rings (SSSR count). The topological polar surface area (TPSA) is 58.9 Å². The van der Waals surface area contributed by atoms with Crippen molar-refractivity contribution >= 4 is 28.4 Å². The molecular weight excluding hydrogens is 224 g/mol. The van der Waals surface area contributed by atoms with Crippen molar-refractivity contribution in [2.24, 2.45) is 5.73 Å². The Morgan fingerprint density at radius 2 is 2.12 bits per heavy atom. The lowest BCUT2D eigenvalue weighted by atomic mass is 10.0. The number of amides is 1. The highest BCUT2D eigenvalue weighted by Crippen LogP contribution is 2.30. The number of rotatable bonds is 2. The molecule has 0 saturated carbocycles. The number of hydrogen-bond donors (Lipinski definition) is 2. The summed E-state index contributed by atoms with van der Waals surface area (Å²) in [6, 6.07) is 3.80. The second-order valence-corrected chi connectivity index (χ2v) is 4.39. The molecule has 2 aromatic rings. The first-order chi connectivity index (χ1) is 7.50. The van der Waals surface area contributed by atoms with Crippen LogP contribution >= 0.6 is 11.6 Å². The quantitative estimate of drug-likeness (QED) is 0.827. The van der Waals surface area contributed by atoms with Crippen molar-refractivity contribution < 1.29 is 4.79 Å². The Morgan fingerprint density at radius 3 is 2.75 bits per heavy atom. The maximum absolute atomic E-state index is 11.0. The first-order valence-corrected chi connectivity index (χ1v) is 5.43. The summed E-state index contributed by atoms with van der Waals surface area (Å²) in [5.74, 6) is -0.330. The number of nitrogens with one attached hydrogen (secondary N) is 1. The molecule has 1 heterocycles. The summed E-state index contributed by atoms with van der Waals surface area (Å²) < 4.78 is 0. The Morgan fingerprint density at radius 1 is 1.44 bits per heavy atom. The van der Waals surface area contributed by atoms with Crippen LogP contribution in [0, 0.1) is 13.8 Å². The first-order valence-electron chi connectivity index (χ1n) is 5.05. The highest BCUT2D eigenvalue weighted by molar-refractivity contribution is 6.35. The molecule has 1 amide bonds. The molecular formula is C12H13ClN2O. The third kappa shape index (κ3) is 1.67. The van der Waals surface area contributed by atoms with Gasteiger partial charge in [-0.25, -0.2) is 0 Å². The molecule has 0 spiro atoms. The average molecular weight is 237 g/mol. The van der Waals surface area contributed by atoms with E-state index in [1.54, 1.807) is 0 Å². The van der Waals surface area contributed by atoms with E-state index in [-0.39, 0.29) is 12.3 Å². The molecule has 0 radical (unpaired) electrons. The number of halogens is 1. The van der Waals surface area contributed by atoms with E-state index in [9.17, 15) is 4.79 Å². The van der Waals surface area contributed by atoms with Gasteiger partial charge in [0.2, 0.25) is 5.91 Å². The highest BCUT2D eigenvalue weighted by Gasteiger charge is 2.14. The summed E-state index contributed by atoms with van der Waals surface area (Å²) in [6.45, 7) is 3.92. The van der Waals surface area contributed by atoms with Crippen molar-refractivity contribution in [3.63, 3.8) is 0 Å². The maximum Gasteiger partial charge on any atom is 0.221 e. The SMILES string of the molecule is Cc1[nH]c2c(Cl)ccc(C)c2c1CC(N)=O. The Balaban J connectivity index is 2.77. The fourth-order valence-electron chi connectivity index (χ4n) is 2.04. The van der Waals surface area contributed by atoms with Gasteiger partial charge < -0.3 is 10.7 Å². The maximum atomic E-state index is 11.0. The van der Waals surface area contributed by atoms with Crippen LogP contribution in [-0.2, 0) is 11.2 Å². The van der Waals surface area contributed by atoms with E-state index in [1.807, 2.05) is 26.0 Å². The van der Waals surface area contributed by atoms with Crippen LogP contribution in [0.25, 0.3) is 10.9 Å². The zero-order valence-electron chi connectivity index (χ0n) is 9.23. The third-order valence-corrected chi connectivity index (χ3v) is 3.10. The van der Waals surface area contributed by atoms with Crippen molar-refractivity contribution in [3.8, 4) is 0 Å². The smallest absolute Gasteiger partial charge is 0.221 e. The third-order valence-electron chi connectivity index (χ3n) is 2.78. The average Bonchev–Trinajstić information content (AvgIpc) is 2.51. The number of carbonyl (C=O) groups is 1. The van der Waals surface area contributed by atoms with Gasteiger partial charge in [0.1, 0.15) is 0 Å². The summed E-state index contributed by atoms with van der Waals surface area (Å²) >= 11 is 6.10. The van der Waals surface area contributed by atoms with Gasteiger partial charge in [0.05, 0.1) is 17.0 Å². The van der Waals surface area contributed by atoms with Crippen LogP contribution in [0.5, 0.6) is 0 Å². The van der Waals surface area contributed by atoms with Gasteiger partial charge in [0, 0.05) is 11.1 Å². The van der Waals surface area contributed by atoms with Crippen molar-refractivity contribution in [2.45, 2.75) is 20.3 Å². The number of benzene rings is 1. The standard InChI is InChI=1S/C12H13ClN2O/c1-6-3-4-9(13)12-11(6)8(5-10(14)16)7(2)15-12/h3-4,15H,5H2,1-2H3,(H2,14,16). The summed E-state index contributed by atoms with van der Waals surface area (Å²) in [4.78, 5) is 14.2. The van der Waals surface area contributed by atoms with Gasteiger partial charge >= 0.3 is 0 Å². The van der Waals surface area contributed by atoms with Crippen molar-refractivity contribution in [3.05, 3.63) is 34.0 Å². The molecule has 0 bridgehead atoms. The molecule has 1 aromatic carbocycles. The molecule has 84 valence electrons. The highest BCUT2D eigenvalue weighted by atomic mass is 35.5. The minimum absolute atomic E-state index is 0.243. The Bertz CT molecular complexity index is 572. The summed E-state index contributed by atoms with van der Waals surface area (Å²) in [5, 5.41) is 1.68. The Kier molecular flexibility index (Phi) is 2.64. The van der Waals surface area contributed by atoms with Gasteiger partial charge in [0.25, 0.3) is 0 Å². The molecule has 4 heteroatoms. The lowest BCUT2D eigenvalue weighted by Gasteiger charge is -2.02. The van der Waals surface area contributed by atoms with Crippen molar-refractivity contribution in [1.29, 1.82) is 0 Å². The number of nitrogens with two attached hydrogens (primary N) is 1. The number of H-pyrrole nitrogens is 1. The lowest BCUT2D eigenvalue weighted by molar-refractivity contribution is -0.117. The molecule has 0 unspecified atom stereocenters. The lowest BCUT2D eigenvalue weighted by Crippen LogP contribution is -2.14. The predicted octanol–water partition coefficient (Wildman–Crippen LogP) is 2.47. The molecule has 1 aromatic heterocycles. The number of fused-ring (bicyclic) bond motifs is 1. The van der Waals surface area contributed by atoms with Crippen LogP contribution in [0.15, 0.2) is 12.1 Å². The van der Waals surface area contributed by atoms with Gasteiger partial charge in [-0.15, -0.1) is 0 Å². The normalized spacial score (nSPS) is 10.9. The molecule has 0 saturated heterocycles. The molecule has 3 N–H and O–H groups in total. The number of primary amides is 1. The second kappa shape index (κ2) is 3.83. The fraction of sp³-hybridized carbons (Fsp3) is 0.250. The van der Waals surface area contributed by atoms with Crippen LogP contribution < -0.4 is 5.73 Å². The Hall–Kier alpha value is -1.48. The molecule has 0 atom stereocenters. The summed E-state index contributed by atoms with van der Waals surface area (Å²) in [5.41, 5.74) is 9.12. The summed E-state index contributed by atoms with van der Waals surface area (Å²) in [6.07, 6.45) is 0.243. The van der Waals surface area contributed by atoms with Crippen molar-refractivity contribution in [2.75, 3.05) is 0 Å². The van der Waals surface area contributed by atoms with Crippen molar-refractivity contribution in [1.82, 2.24) is 4.98 Å². The van der Waals surface area contributed by atoms with Crippen LogP contribution in [0.4, 0.5) is 0 Å². The number of aromatic nitrogens is 1. The number of hydrogen-bond acceptors (Lipinski definition) is 1. The first kappa shape index (κ1) is 11.0. The zero-order chi connectivity index (χ0) is 11.9. The molecule has 3 nitrogen and oxygen atoms in total. The van der Waals surface area contributed by atoms with E-state index in [0.717, 1.165) is 27.7 Å². The van der Waals surface area contributed by atoms with Gasteiger partial charge in [0.15, 0.2) is 0 Å². The van der Waals surface area contributed by atoms with Crippen LogP contribution in [0.3, 0.4) is 0 Å². The second-order valence-electron chi connectivity index (χ2n) is 3.99. The number of aromatic amines is 1. The van der Waals surface area contributed by atoms with Gasteiger partial charge in [-0.3, -0.25) is 4.79 Å². The molecule has 0 aliphatic carbocycles. The molecule has 16 heavy (non-hydrogen) atoms. The van der Waals surface area contributed by atoms with Gasteiger partial charge in [-0.05, 0) is 31.0 Å². The largest absolute Gasteiger partial charge is 0.369 e. The van der Waals surface area contributed by atoms with E-state index >= 15 is 0 Å². The van der Waals surface area contributed by atoms with Crippen LogP contribution in [0.2, 0.25) is 5.02 Å². The molecule has 0 aliphatic heterocycles. The van der Waals surface area contributed by atoms with E-state index in [1.165, 1.54) is 0 Å².